The van der Waals surface area contributed by atoms with Gasteiger partial charge in [-0.05, 0) is 13.2 Å². The minimum atomic E-state index is -1.09. The molecular weight excluding hydrogens is 219 g/mol. The first-order valence-electron chi connectivity index (χ1n) is 3.23. The van der Waals surface area contributed by atoms with Gasteiger partial charge in [-0.2, -0.15) is 11.8 Å². The van der Waals surface area contributed by atoms with Crippen LogP contribution in [0, 0.1) is 0 Å². The largest absolute Gasteiger partial charge is 0.421 e. The first kappa shape index (κ1) is 10.2. The molecule has 0 aliphatic heterocycles. The molecule has 0 spiro atoms. The van der Waals surface area contributed by atoms with Crippen LogP contribution in [0.3, 0.4) is 0 Å². The van der Waals surface area contributed by atoms with Crippen molar-refractivity contribution in [2.75, 3.05) is 6.26 Å². The average Bonchev–Trinajstić information content (AvgIpc) is 2.35. The van der Waals surface area contributed by atoms with Crippen molar-refractivity contribution in [2.45, 2.75) is 17.0 Å². The zero-order valence-corrected chi connectivity index (χ0v) is 9.00. The summed E-state index contributed by atoms with van der Waals surface area (Å²) in [5.74, 6) is 1.47. The molecule has 0 amide bonds. The smallest absolute Gasteiger partial charge is 0.252 e. The van der Waals surface area contributed by atoms with Crippen molar-refractivity contribution in [3.8, 4) is 0 Å². The van der Waals surface area contributed by atoms with E-state index in [-0.39, 0.29) is 5.89 Å². The number of thioether (sulfide) groups is 1. The van der Waals surface area contributed by atoms with Gasteiger partial charge >= 0.3 is 0 Å². The molecule has 12 heavy (non-hydrogen) atoms. The Labute approximate surface area is 84.8 Å². The zero-order chi connectivity index (χ0) is 9.19. The molecule has 0 aliphatic carbocycles. The Kier molecular flexibility index (Phi) is 3.26. The molecule has 0 aromatic carbocycles. The number of nitrogens with zero attached hydrogens (tertiary/aromatic N) is 2. The van der Waals surface area contributed by atoms with E-state index in [1.165, 1.54) is 0 Å². The van der Waals surface area contributed by atoms with Crippen LogP contribution in [-0.4, -0.2) is 16.5 Å². The predicted molar refractivity (Wildman–Crippen MR) is 50.6 cm³/mol. The SMILES string of the molecule is CSCc1nnc(C(C)(Cl)Cl)o1. The van der Waals surface area contributed by atoms with Gasteiger partial charge in [0, 0.05) is 0 Å². The van der Waals surface area contributed by atoms with Crippen LogP contribution in [0.5, 0.6) is 0 Å². The van der Waals surface area contributed by atoms with Gasteiger partial charge in [0.05, 0.1) is 5.75 Å². The quantitative estimate of drug-likeness (QED) is 0.744. The van der Waals surface area contributed by atoms with Crippen molar-refractivity contribution >= 4 is 35.0 Å². The highest BCUT2D eigenvalue weighted by Crippen LogP contribution is 2.31. The normalized spacial score (nSPS) is 12.0. The van der Waals surface area contributed by atoms with E-state index in [0.29, 0.717) is 11.6 Å². The summed E-state index contributed by atoms with van der Waals surface area (Å²) in [6.45, 7) is 1.59. The van der Waals surface area contributed by atoms with Gasteiger partial charge in [-0.1, -0.05) is 23.2 Å². The second kappa shape index (κ2) is 3.85. The second-order valence-electron chi connectivity index (χ2n) is 2.32. The molecule has 0 radical (unpaired) electrons. The Balaban J connectivity index is 2.77. The molecule has 1 rings (SSSR count). The van der Waals surface area contributed by atoms with Crippen LogP contribution < -0.4 is 0 Å². The molecule has 6 heteroatoms. The van der Waals surface area contributed by atoms with Gasteiger partial charge in [-0.3, -0.25) is 0 Å². The summed E-state index contributed by atoms with van der Waals surface area (Å²) in [6, 6.07) is 0. The Bertz CT molecular complexity index is 258. The van der Waals surface area contributed by atoms with Crippen LogP contribution >= 0.6 is 35.0 Å². The third-order valence-corrected chi connectivity index (χ3v) is 1.97. The highest BCUT2D eigenvalue weighted by atomic mass is 35.5. The molecule has 0 fully saturated rings. The molecule has 0 N–H and O–H groups in total. The summed E-state index contributed by atoms with van der Waals surface area (Å²) in [5, 5.41) is 7.48. The molecule has 0 atom stereocenters. The Hall–Kier alpha value is 0.0700. The van der Waals surface area contributed by atoms with Crippen LogP contribution in [0.1, 0.15) is 18.7 Å². The summed E-state index contributed by atoms with van der Waals surface area (Å²) < 4.78 is 4.09. The third-order valence-electron chi connectivity index (χ3n) is 1.11. The summed E-state index contributed by atoms with van der Waals surface area (Å²) in [4.78, 5) is 0. The maximum Gasteiger partial charge on any atom is 0.252 e. The van der Waals surface area contributed by atoms with E-state index < -0.39 is 4.33 Å². The van der Waals surface area contributed by atoms with Gasteiger partial charge in [0.15, 0.2) is 4.33 Å². The molecule has 0 aliphatic rings. The van der Waals surface area contributed by atoms with E-state index in [1.54, 1.807) is 18.7 Å². The average molecular weight is 227 g/mol. The second-order valence-corrected chi connectivity index (χ2v) is 4.89. The van der Waals surface area contributed by atoms with Crippen molar-refractivity contribution in [3.05, 3.63) is 11.8 Å². The lowest BCUT2D eigenvalue weighted by molar-refractivity contribution is 0.454. The Morgan fingerprint density at radius 1 is 1.50 bits per heavy atom. The fraction of sp³-hybridized carbons (Fsp3) is 0.667. The number of rotatable bonds is 3. The van der Waals surface area contributed by atoms with Gasteiger partial charge in [0.25, 0.3) is 5.89 Å². The number of hydrogen-bond acceptors (Lipinski definition) is 4. The van der Waals surface area contributed by atoms with Gasteiger partial charge in [0.1, 0.15) is 0 Å². The monoisotopic (exact) mass is 226 g/mol. The van der Waals surface area contributed by atoms with Gasteiger partial charge in [0.2, 0.25) is 5.89 Å². The zero-order valence-electron chi connectivity index (χ0n) is 6.67. The fourth-order valence-electron chi connectivity index (χ4n) is 0.613. The minimum Gasteiger partial charge on any atom is -0.421 e. The standard InChI is InChI=1S/C6H8Cl2N2OS/c1-6(7,8)5-10-9-4(11-5)3-12-2/h3H2,1-2H3. The maximum atomic E-state index is 5.73. The summed E-state index contributed by atoms with van der Waals surface area (Å²) >= 11 is 13.1. The minimum absolute atomic E-state index is 0.245. The van der Waals surface area contributed by atoms with E-state index in [9.17, 15) is 0 Å². The lowest BCUT2D eigenvalue weighted by atomic mass is 10.5. The van der Waals surface area contributed by atoms with Crippen LogP contribution in [0.25, 0.3) is 0 Å². The van der Waals surface area contributed by atoms with Crippen molar-refractivity contribution in [1.29, 1.82) is 0 Å². The third kappa shape index (κ3) is 2.54. The molecule has 0 bridgehead atoms. The van der Waals surface area contributed by atoms with Gasteiger partial charge < -0.3 is 4.42 Å². The maximum absolute atomic E-state index is 5.73. The van der Waals surface area contributed by atoms with Crippen molar-refractivity contribution in [1.82, 2.24) is 10.2 Å². The Morgan fingerprint density at radius 2 is 2.17 bits per heavy atom. The molecule has 0 saturated heterocycles. The number of aromatic nitrogens is 2. The first-order chi connectivity index (χ1) is 5.54. The molecule has 68 valence electrons. The molecule has 1 heterocycles. The molecular formula is C6H8Cl2N2OS. The number of hydrogen-bond donors (Lipinski definition) is 0. The topological polar surface area (TPSA) is 38.9 Å². The van der Waals surface area contributed by atoms with Crippen molar-refractivity contribution in [2.24, 2.45) is 0 Å². The van der Waals surface area contributed by atoms with Crippen molar-refractivity contribution < 1.29 is 4.42 Å². The summed E-state index contributed by atoms with van der Waals surface area (Å²) in [7, 11) is 0. The highest BCUT2D eigenvalue weighted by molar-refractivity contribution is 7.97. The van der Waals surface area contributed by atoms with E-state index in [2.05, 4.69) is 10.2 Å². The fourth-order valence-corrected chi connectivity index (χ4v) is 1.13. The predicted octanol–water partition coefficient (Wildman–Crippen LogP) is 2.58. The molecule has 0 saturated carbocycles. The van der Waals surface area contributed by atoms with Crippen LogP contribution in [-0.2, 0) is 10.1 Å². The highest BCUT2D eigenvalue weighted by Gasteiger charge is 2.26. The van der Waals surface area contributed by atoms with Crippen LogP contribution in [0.15, 0.2) is 4.42 Å². The summed E-state index contributed by atoms with van der Waals surface area (Å²) in [6.07, 6.45) is 1.95. The van der Waals surface area contributed by atoms with E-state index in [4.69, 9.17) is 27.6 Å². The number of alkyl halides is 2. The van der Waals surface area contributed by atoms with Gasteiger partial charge in [-0.15, -0.1) is 10.2 Å². The summed E-state index contributed by atoms with van der Waals surface area (Å²) in [5.41, 5.74) is 0. The van der Waals surface area contributed by atoms with Crippen molar-refractivity contribution in [3.63, 3.8) is 0 Å². The first-order valence-corrected chi connectivity index (χ1v) is 5.38. The molecule has 1 aromatic rings. The van der Waals surface area contributed by atoms with Gasteiger partial charge in [-0.25, -0.2) is 0 Å². The van der Waals surface area contributed by atoms with E-state index in [1.807, 2.05) is 6.26 Å². The lowest BCUT2D eigenvalue weighted by Gasteiger charge is -2.04. The van der Waals surface area contributed by atoms with Crippen LogP contribution in [0.4, 0.5) is 0 Å². The molecule has 0 unspecified atom stereocenters. The molecule has 1 aromatic heterocycles. The Morgan fingerprint density at radius 3 is 2.58 bits per heavy atom. The van der Waals surface area contributed by atoms with E-state index in [0.717, 1.165) is 0 Å². The number of halogens is 2. The van der Waals surface area contributed by atoms with E-state index >= 15 is 0 Å². The lowest BCUT2D eigenvalue weighted by Crippen LogP contribution is -2.03. The molecule has 3 nitrogen and oxygen atoms in total. The van der Waals surface area contributed by atoms with Crippen LogP contribution in [0.2, 0.25) is 0 Å².